The number of nitrogens with one attached hydrogen (secondary N) is 1. The van der Waals surface area contributed by atoms with Crippen LogP contribution in [0, 0.1) is 31.1 Å². The molecule has 150 valence electrons. The van der Waals surface area contributed by atoms with Crippen molar-refractivity contribution in [3.63, 3.8) is 0 Å². The second kappa shape index (κ2) is 9.62. The third kappa shape index (κ3) is 5.40. The number of hydrogen-bond donors (Lipinski definition) is 1. The number of carbonyl (C=O) groups is 1. The van der Waals surface area contributed by atoms with Crippen molar-refractivity contribution in [1.29, 1.82) is 5.26 Å². The van der Waals surface area contributed by atoms with Crippen molar-refractivity contribution in [3.8, 4) is 6.07 Å². The van der Waals surface area contributed by atoms with Crippen LogP contribution in [0.1, 0.15) is 29.5 Å². The number of hydrogen-bond acceptors (Lipinski definition) is 3. The van der Waals surface area contributed by atoms with Crippen LogP contribution in [0.2, 0.25) is 5.02 Å². The molecular weight excluding hydrogens is 382 g/mol. The van der Waals surface area contributed by atoms with Crippen molar-refractivity contribution >= 4 is 23.2 Å². The SMILES string of the molecule is Cc1cc(C)c(N/C=C(/C#N)C(=O)N2CCC(Cc3ccccc3)CC2)c(Cl)c1. The van der Waals surface area contributed by atoms with Crippen molar-refractivity contribution in [1.82, 2.24) is 4.90 Å². The van der Waals surface area contributed by atoms with Crippen molar-refractivity contribution in [3.05, 3.63) is 76.0 Å². The number of carbonyl (C=O) groups excluding carboxylic acids is 1. The normalized spacial score (nSPS) is 15.1. The molecule has 2 aromatic carbocycles. The first-order chi connectivity index (χ1) is 14.0. The predicted octanol–water partition coefficient (Wildman–Crippen LogP) is 5.26. The molecule has 0 aromatic heterocycles. The van der Waals surface area contributed by atoms with Crippen LogP contribution in [0.5, 0.6) is 0 Å². The Labute approximate surface area is 177 Å². The van der Waals surface area contributed by atoms with E-state index in [1.165, 1.54) is 11.8 Å². The second-order valence-corrected chi connectivity index (χ2v) is 8.09. The third-order valence-corrected chi connectivity index (χ3v) is 5.71. The van der Waals surface area contributed by atoms with Crippen molar-refractivity contribution < 1.29 is 4.79 Å². The van der Waals surface area contributed by atoms with Gasteiger partial charge in [0.15, 0.2) is 0 Å². The summed E-state index contributed by atoms with van der Waals surface area (Å²) in [5.74, 6) is 0.349. The molecule has 2 aromatic rings. The summed E-state index contributed by atoms with van der Waals surface area (Å²) in [5.41, 5.74) is 4.20. The molecule has 0 unspecified atom stereocenters. The summed E-state index contributed by atoms with van der Waals surface area (Å²) in [6.07, 6.45) is 4.42. The number of anilines is 1. The first-order valence-electron chi connectivity index (χ1n) is 9.94. The number of benzene rings is 2. The molecule has 0 saturated carbocycles. The predicted molar refractivity (Wildman–Crippen MR) is 118 cm³/mol. The van der Waals surface area contributed by atoms with E-state index >= 15 is 0 Å². The summed E-state index contributed by atoms with van der Waals surface area (Å²) in [4.78, 5) is 14.6. The Morgan fingerprint density at radius 2 is 1.93 bits per heavy atom. The highest BCUT2D eigenvalue weighted by Gasteiger charge is 2.25. The minimum absolute atomic E-state index is 0.0996. The van der Waals surface area contributed by atoms with Gasteiger partial charge >= 0.3 is 0 Å². The molecule has 4 nitrogen and oxygen atoms in total. The van der Waals surface area contributed by atoms with E-state index in [9.17, 15) is 10.1 Å². The first kappa shape index (κ1) is 21.0. The smallest absolute Gasteiger partial charge is 0.266 e. The number of rotatable bonds is 5. The van der Waals surface area contributed by atoms with E-state index in [0.29, 0.717) is 24.0 Å². The molecule has 1 heterocycles. The van der Waals surface area contributed by atoms with Gasteiger partial charge in [0.25, 0.3) is 5.91 Å². The monoisotopic (exact) mass is 407 g/mol. The summed E-state index contributed by atoms with van der Waals surface area (Å²) in [6, 6.07) is 16.4. The molecule has 1 N–H and O–H groups in total. The summed E-state index contributed by atoms with van der Waals surface area (Å²) in [7, 11) is 0. The van der Waals surface area contributed by atoms with Gasteiger partial charge in [-0.25, -0.2) is 0 Å². The highest BCUT2D eigenvalue weighted by atomic mass is 35.5. The lowest BCUT2D eigenvalue weighted by molar-refractivity contribution is -0.128. The summed E-state index contributed by atoms with van der Waals surface area (Å²) in [5, 5.41) is 13.1. The van der Waals surface area contributed by atoms with E-state index < -0.39 is 0 Å². The second-order valence-electron chi connectivity index (χ2n) is 7.68. The van der Waals surface area contributed by atoms with Crippen molar-refractivity contribution in [2.45, 2.75) is 33.1 Å². The van der Waals surface area contributed by atoms with E-state index in [-0.39, 0.29) is 11.5 Å². The molecule has 0 bridgehead atoms. The van der Waals surface area contributed by atoms with Gasteiger partial charge in [0.05, 0.1) is 10.7 Å². The summed E-state index contributed by atoms with van der Waals surface area (Å²) < 4.78 is 0. The molecule has 1 saturated heterocycles. The quantitative estimate of drug-likeness (QED) is 0.543. The minimum Gasteiger partial charge on any atom is -0.359 e. The van der Waals surface area contributed by atoms with Gasteiger partial charge in [0, 0.05) is 19.3 Å². The maximum Gasteiger partial charge on any atom is 0.266 e. The van der Waals surface area contributed by atoms with Crippen LogP contribution in [0.3, 0.4) is 0 Å². The molecule has 0 spiro atoms. The number of piperidine rings is 1. The zero-order valence-electron chi connectivity index (χ0n) is 16.9. The van der Waals surface area contributed by atoms with Crippen molar-refractivity contribution in [2.75, 3.05) is 18.4 Å². The minimum atomic E-state index is -0.223. The number of nitriles is 1. The summed E-state index contributed by atoms with van der Waals surface area (Å²) in [6.45, 7) is 5.28. The number of amides is 1. The number of aryl methyl sites for hydroxylation is 2. The molecule has 3 rings (SSSR count). The maximum atomic E-state index is 12.8. The Hall–Kier alpha value is -2.77. The average Bonchev–Trinajstić information content (AvgIpc) is 2.71. The van der Waals surface area contributed by atoms with Gasteiger partial charge in [0.2, 0.25) is 0 Å². The molecule has 1 aliphatic rings. The van der Waals surface area contributed by atoms with Gasteiger partial charge in [-0.1, -0.05) is 48.0 Å². The van der Waals surface area contributed by atoms with Gasteiger partial charge in [-0.2, -0.15) is 5.26 Å². The Morgan fingerprint density at radius 3 is 2.55 bits per heavy atom. The molecule has 1 fully saturated rings. The molecule has 5 heteroatoms. The van der Waals surface area contributed by atoms with Gasteiger partial charge in [-0.3, -0.25) is 4.79 Å². The number of nitrogens with zero attached hydrogens (tertiary/aromatic N) is 2. The molecule has 1 amide bonds. The fourth-order valence-electron chi connectivity index (χ4n) is 3.84. The fourth-order valence-corrected chi connectivity index (χ4v) is 4.22. The molecule has 0 aliphatic carbocycles. The Kier molecular flexibility index (Phi) is 6.95. The lowest BCUT2D eigenvalue weighted by Gasteiger charge is -2.32. The lowest BCUT2D eigenvalue weighted by atomic mass is 9.90. The molecular formula is C24H26ClN3O. The van der Waals surface area contributed by atoms with E-state index in [4.69, 9.17) is 11.6 Å². The molecule has 0 radical (unpaired) electrons. The maximum absolute atomic E-state index is 12.8. The lowest BCUT2D eigenvalue weighted by Crippen LogP contribution is -2.39. The summed E-state index contributed by atoms with van der Waals surface area (Å²) >= 11 is 6.30. The zero-order chi connectivity index (χ0) is 20.8. The third-order valence-electron chi connectivity index (χ3n) is 5.41. The van der Waals surface area contributed by atoms with E-state index in [1.807, 2.05) is 38.1 Å². The van der Waals surface area contributed by atoms with Crippen LogP contribution < -0.4 is 5.32 Å². The van der Waals surface area contributed by atoms with E-state index in [2.05, 4.69) is 29.6 Å². The average molecular weight is 408 g/mol. The van der Waals surface area contributed by atoms with Crippen LogP contribution in [0.4, 0.5) is 5.69 Å². The highest BCUT2D eigenvalue weighted by Crippen LogP contribution is 2.28. The first-order valence-corrected chi connectivity index (χ1v) is 10.3. The molecule has 29 heavy (non-hydrogen) atoms. The van der Waals surface area contributed by atoms with Gasteiger partial charge in [-0.05, 0) is 61.8 Å². The van der Waals surface area contributed by atoms with Crippen LogP contribution in [-0.4, -0.2) is 23.9 Å². The number of likely N-dealkylation sites (tertiary alicyclic amines) is 1. The Balaban J connectivity index is 1.60. The standard InChI is InChI=1S/C24H26ClN3O/c1-17-12-18(2)23(22(25)13-17)27-16-21(15-26)24(29)28-10-8-20(9-11-28)14-19-6-4-3-5-7-19/h3-7,12-13,16,20,27H,8-11,14H2,1-2H3/b21-16-. The van der Waals surface area contributed by atoms with E-state index in [0.717, 1.165) is 36.1 Å². The molecule has 0 atom stereocenters. The Bertz CT molecular complexity index is 915. The van der Waals surface area contributed by atoms with Gasteiger partial charge in [0.1, 0.15) is 11.6 Å². The fraction of sp³-hybridized carbons (Fsp3) is 0.333. The van der Waals surface area contributed by atoms with Crippen LogP contribution in [0.25, 0.3) is 0 Å². The van der Waals surface area contributed by atoms with E-state index in [1.54, 1.807) is 4.90 Å². The molecule has 1 aliphatic heterocycles. The van der Waals surface area contributed by atoms with Gasteiger partial charge in [-0.15, -0.1) is 0 Å². The van der Waals surface area contributed by atoms with Crippen LogP contribution >= 0.6 is 11.6 Å². The highest BCUT2D eigenvalue weighted by molar-refractivity contribution is 6.33. The number of halogens is 1. The van der Waals surface area contributed by atoms with Gasteiger partial charge < -0.3 is 10.2 Å². The van der Waals surface area contributed by atoms with Crippen LogP contribution in [0.15, 0.2) is 54.2 Å². The topological polar surface area (TPSA) is 56.1 Å². The van der Waals surface area contributed by atoms with Crippen LogP contribution in [-0.2, 0) is 11.2 Å². The zero-order valence-corrected chi connectivity index (χ0v) is 17.7. The largest absolute Gasteiger partial charge is 0.359 e. The van der Waals surface area contributed by atoms with Crippen molar-refractivity contribution in [2.24, 2.45) is 5.92 Å². The Morgan fingerprint density at radius 1 is 1.24 bits per heavy atom.